The van der Waals surface area contributed by atoms with Crippen molar-refractivity contribution in [3.05, 3.63) is 47.2 Å². The molecule has 6 nitrogen and oxygen atoms in total. The fraction of sp³-hybridized carbons (Fsp3) is 0.389. The number of carbonyl (C=O) groups is 3. The summed E-state index contributed by atoms with van der Waals surface area (Å²) in [7, 11) is 0. The summed E-state index contributed by atoms with van der Waals surface area (Å²) in [5.41, 5.74) is 1.07. The molecule has 4 rings (SSSR count). The van der Waals surface area contributed by atoms with Crippen LogP contribution < -0.4 is 5.32 Å². The average molecular weight is 327 g/mol. The first-order valence-electron chi connectivity index (χ1n) is 7.88. The molecule has 0 aromatic heterocycles. The van der Waals surface area contributed by atoms with Crippen LogP contribution in [-0.4, -0.2) is 23.4 Å². The van der Waals surface area contributed by atoms with E-state index in [0.717, 1.165) is 11.1 Å². The van der Waals surface area contributed by atoms with Crippen molar-refractivity contribution in [2.75, 3.05) is 0 Å². The zero-order valence-corrected chi connectivity index (χ0v) is 13.4. The molecule has 1 N–H and O–H groups in total. The Hall–Kier alpha value is -2.63. The molecule has 4 atom stereocenters. The highest BCUT2D eigenvalue weighted by molar-refractivity contribution is 6.08. The summed E-state index contributed by atoms with van der Waals surface area (Å²) < 4.78 is 11.3. The molecule has 2 heterocycles. The number of fused-ring (bicyclic) bond motifs is 4. The molecule has 0 radical (unpaired) electrons. The van der Waals surface area contributed by atoms with Crippen molar-refractivity contribution >= 4 is 17.8 Å². The van der Waals surface area contributed by atoms with Crippen LogP contribution in [0.3, 0.4) is 0 Å². The van der Waals surface area contributed by atoms with E-state index in [1.807, 2.05) is 31.2 Å². The van der Waals surface area contributed by atoms with Gasteiger partial charge >= 0.3 is 5.97 Å². The van der Waals surface area contributed by atoms with Crippen LogP contribution in [-0.2, 0) is 30.5 Å². The Kier molecular flexibility index (Phi) is 3.07. The highest BCUT2D eigenvalue weighted by Crippen LogP contribution is 2.58. The van der Waals surface area contributed by atoms with Gasteiger partial charge in [0, 0.05) is 0 Å². The molecular weight excluding hydrogens is 310 g/mol. The summed E-state index contributed by atoms with van der Waals surface area (Å²) in [5, 5.41) is 2.33. The third-order valence-corrected chi connectivity index (χ3v) is 5.16. The van der Waals surface area contributed by atoms with Gasteiger partial charge in [-0.2, -0.15) is 0 Å². The first-order chi connectivity index (χ1) is 11.4. The monoisotopic (exact) mass is 327 g/mol. The normalized spacial score (nSPS) is 33.7. The molecule has 0 unspecified atom stereocenters. The minimum Gasteiger partial charge on any atom is -0.492 e. The molecule has 124 valence electrons. The number of benzene rings is 1. The minimum atomic E-state index is -1.02. The molecule has 2 amide bonds. The van der Waals surface area contributed by atoms with E-state index >= 15 is 0 Å². The van der Waals surface area contributed by atoms with E-state index in [1.54, 1.807) is 6.92 Å². The third kappa shape index (κ3) is 1.99. The van der Waals surface area contributed by atoms with Gasteiger partial charge in [-0.1, -0.05) is 29.8 Å². The smallest absolute Gasteiger partial charge is 0.334 e. The van der Waals surface area contributed by atoms with Crippen LogP contribution in [0.5, 0.6) is 0 Å². The van der Waals surface area contributed by atoms with Crippen molar-refractivity contribution in [3.8, 4) is 0 Å². The van der Waals surface area contributed by atoms with Gasteiger partial charge in [-0.25, -0.2) is 4.79 Å². The summed E-state index contributed by atoms with van der Waals surface area (Å²) in [6.07, 6.45) is 1.29. The lowest BCUT2D eigenvalue weighted by molar-refractivity contribution is -0.212. The summed E-state index contributed by atoms with van der Waals surface area (Å²) in [5.74, 6) is -2.41. The van der Waals surface area contributed by atoms with E-state index in [9.17, 15) is 14.4 Å². The fourth-order valence-corrected chi connectivity index (χ4v) is 4.13. The second kappa shape index (κ2) is 4.93. The predicted molar refractivity (Wildman–Crippen MR) is 82.2 cm³/mol. The lowest BCUT2D eigenvalue weighted by Crippen LogP contribution is -2.66. The lowest BCUT2D eigenvalue weighted by Gasteiger charge is -2.54. The van der Waals surface area contributed by atoms with Gasteiger partial charge < -0.3 is 9.47 Å². The number of esters is 1. The first kappa shape index (κ1) is 14.9. The van der Waals surface area contributed by atoms with Gasteiger partial charge in [0.25, 0.3) is 0 Å². The van der Waals surface area contributed by atoms with Crippen LogP contribution >= 0.6 is 0 Å². The van der Waals surface area contributed by atoms with Crippen LogP contribution in [0.1, 0.15) is 18.1 Å². The number of hydrogen-bond donors (Lipinski definition) is 1. The summed E-state index contributed by atoms with van der Waals surface area (Å²) in [6.45, 7) is 3.97. The maximum absolute atomic E-state index is 12.0. The Morgan fingerprint density at radius 1 is 1.21 bits per heavy atom. The highest BCUT2D eigenvalue weighted by atomic mass is 16.6. The number of amides is 2. The van der Waals surface area contributed by atoms with Gasteiger partial charge in [-0.15, -0.1) is 0 Å². The van der Waals surface area contributed by atoms with E-state index in [4.69, 9.17) is 9.47 Å². The summed E-state index contributed by atoms with van der Waals surface area (Å²) in [4.78, 5) is 35.9. The van der Waals surface area contributed by atoms with E-state index in [0.29, 0.717) is 12.4 Å². The van der Waals surface area contributed by atoms with Gasteiger partial charge in [0.15, 0.2) is 0 Å². The SMILES string of the molecule is Cc1cccc(COC2=CC(=O)O[C@]3(C)[C@H]2[C@@H]2C(=O)NC(=O)[C@@H]23)c1. The number of carbonyl (C=O) groups excluding carboxylic acids is 3. The molecule has 1 saturated heterocycles. The standard InChI is InChI=1S/C18H17NO5/c1-9-4-3-5-10(6-9)8-23-11-7-12(20)24-18(2)14(11)13-15(18)17(22)19-16(13)21/h3-7,13-15H,8H2,1-2H3,(H,19,21,22)/t13-,14+,15+,18+/m0/s1. The molecule has 24 heavy (non-hydrogen) atoms. The van der Waals surface area contributed by atoms with Gasteiger partial charge in [0.05, 0.1) is 23.8 Å². The van der Waals surface area contributed by atoms with Crippen LogP contribution in [0, 0.1) is 24.7 Å². The Bertz CT molecular complexity index is 798. The number of imide groups is 1. The molecule has 2 fully saturated rings. The molecule has 1 aromatic carbocycles. The third-order valence-electron chi connectivity index (χ3n) is 5.16. The van der Waals surface area contributed by atoms with E-state index < -0.39 is 29.3 Å². The summed E-state index contributed by atoms with van der Waals surface area (Å²) in [6, 6.07) is 7.85. The van der Waals surface area contributed by atoms with Crippen LogP contribution in [0.25, 0.3) is 0 Å². The largest absolute Gasteiger partial charge is 0.492 e. The van der Waals surface area contributed by atoms with Crippen molar-refractivity contribution < 1.29 is 23.9 Å². The Balaban J connectivity index is 1.60. The Morgan fingerprint density at radius 3 is 2.75 bits per heavy atom. The quantitative estimate of drug-likeness (QED) is 0.667. The second-order valence-corrected chi connectivity index (χ2v) is 6.76. The number of aryl methyl sites for hydroxylation is 1. The molecule has 3 aliphatic rings. The number of rotatable bonds is 3. The zero-order valence-electron chi connectivity index (χ0n) is 13.4. The van der Waals surface area contributed by atoms with Gasteiger partial charge in [-0.3, -0.25) is 14.9 Å². The summed E-state index contributed by atoms with van der Waals surface area (Å²) >= 11 is 0. The Labute approximate surface area is 138 Å². The van der Waals surface area contributed by atoms with Gasteiger partial charge in [0.1, 0.15) is 18.0 Å². The topological polar surface area (TPSA) is 81.7 Å². The molecule has 1 aliphatic carbocycles. The molecule has 0 bridgehead atoms. The van der Waals surface area contributed by atoms with Crippen molar-refractivity contribution in [2.24, 2.45) is 17.8 Å². The number of nitrogens with one attached hydrogen (secondary N) is 1. The van der Waals surface area contributed by atoms with Crippen molar-refractivity contribution in [1.82, 2.24) is 5.32 Å². The molecular formula is C18H17NO5. The molecule has 1 saturated carbocycles. The lowest BCUT2D eigenvalue weighted by atomic mass is 9.53. The molecule has 1 aromatic rings. The zero-order chi connectivity index (χ0) is 17.1. The Morgan fingerprint density at radius 2 is 2.00 bits per heavy atom. The van der Waals surface area contributed by atoms with E-state index in [2.05, 4.69) is 5.32 Å². The second-order valence-electron chi connectivity index (χ2n) is 6.76. The van der Waals surface area contributed by atoms with Gasteiger partial charge in [0.2, 0.25) is 11.8 Å². The van der Waals surface area contributed by atoms with Crippen LogP contribution in [0.4, 0.5) is 0 Å². The fourth-order valence-electron chi connectivity index (χ4n) is 4.13. The van der Waals surface area contributed by atoms with Crippen LogP contribution in [0.2, 0.25) is 0 Å². The van der Waals surface area contributed by atoms with Crippen molar-refractivity contribution in [2.45, 2.75) is 26.1 Å². The number of hydrogen-bond acceptors (Lipinski definition) is 5. The average Bonchev–Trinajstić information content (AvgIpc) is 2.75. The van der Waals surface area contributed by atoms with E-state index in [-0.39, 0.29) is 11.8 Å². The van der Waals surface area contributed by atoms with Crippen molar-refractivity contribution in [1.29, 1.82) is 0 Å². The maximum atomic E-state index is 12.0. The maximum Gasteiger partial charge on any atom is 0.334 e. The highest BCUT2D eigenvalue weighted by Gasteiger charge is 2.73. The van der Waals surface area contributed by atoms with Gasteiger partial charge in [-0.05, 0) is 19.4 Å². The molecule has 0 spiro atoms. The predicted octanol–water partition coefficient (Wildman–Crippen LogP) is 1.23. The minimum absolute atomic E-state index is 0.292. The molecule has 6 heteroatoms. The number of ether oxygens (including phenoxy) is 2. The van der Waals surface area contributed by atoms with E-state index in [1.165, 1.54) is 6.08 Å². The molecule has 2 aliphatic heterocycles. The first-order valence-corrected chi connectivity index (χ1v) is 7.88. The van der Waals surface area contributed by atoms with Crippen LogP contribution in [0.15, 0.2) is 36.1 Å². The van der Waals surface area contributed by atoms with Crippen molar-refractivity contribution in [3.63, 3.8) is 0 Å².